The van der Waals surface area contributed by atoms with Crippen molar-refractivity contribution >= 4 is 5.97 Å². The van der Waals surface area contributed by atoms with E-state index in [4.69, 9.17) is 10.2 Å². The van der Waals surface area contributed by atoms with Crippen LogP contribution in [0.15, 0.2) is 10.4 Å². The third-order valence-electron chi connectivity index (χ3n) is 1.65. The van der Waals surface area contributed by atoms with E-state index in [1.165, 1.54) is 0 Å². The second-order valence-corrected chi connectivity index (χ2v) is 2.76. The maximum absolute atomic E-state index is 10.2. The molecule has 0 aromatic carbocycles. The molecule has 0 bridgehead atoms. The number of carboxylic acid groups (broad SMARTS) is 1. The van der Waals surface area contributed by atoms with Crippen LogP contribution in [0, 0.1) is 9.81 Å². The molecule has 0 aromatic rings. The first-order chi connectivity index (χ1) is 6.60. The number of nitrogens with zero attached hydrogens (tertiary/aromatic N) is 2. The van der Waals surface area contributed by atoms with Crippen molar-refractivity contribution in [3.05, 3.63) is 9.81 Å². The van der Waals surface area contributed by atoms with Gasteiger partial charge in [0.1, 0.15) is 13.1 Å². The van der Waals surface area contributed by atoms with Crippen LogP contribution in [0.3, 0.4) is 0 Å². The fraction of sp³-hybridized carbons (Fsp3) is 0.833. The molecule has 3 N–H and O–H groups in total. The minimum Gasteiger partial charge on any atom is -0.480 e. The van der Waals surface area contributed by atoms with E-state index in [2.05, 4.69) is 15.7 Å². The molecule has 0 aromatic heterocycles. The highest BCUT2D eigenvalue weighted by molar-refractivity contribution is 5.69. The highest BCUT2D eigenvalue weighted by Gasteiger charge is 2.30. The number of hydrogen-bond acceptors (Lipinski definition) is 7. The lowest BCUT2D eigenvalue weighted by Crippen LogP contribution is -2.55. The van der Waals surface area contributed by atoms with E-state index in [1.807, 2.05) is 0 Å². The molecule has 0 aliphatic rings. The maximum Gasteiger partial charge on any atom is 0.317 e. The molecular formula is C6H11N3O5. The molecule has 0 aliphatic heterocycles. The number of nitroso groups, excluding NO2 is 2. The zero-order valence-corrected chi connectivity index (χ0v) is 7.34. The van der Waals surface area contributed by atoms with E-state index < -0.39 is 37.7 Å². The first-order valence-corrected chi connectivity index (χ1v) is 3.76. The van der Waals surface area contributed by atoms with E-state index in [0.717, 1.165) is 0 Å². The molecule has 0 fully saturated rings. The van der Waals surface area contributed by atoms with Crippen molar-refractivity contribution in [1.29, 1.82) is 0 Å². The van der Waals surface area contributed by atoms with E-state index in [-0.39, 0.29) is 0 Å². The molecule has 0 saturated heterocycles. The number of aliphatic hydroxyl groups excluding tert-OH is 1. The van der Waals surface area contributed by atoms with Crippen LogP contribution in [0.5, 0.6) is 0 Å². The number of hydrogen-bond donors (Lipinski definition) is 3. The topological polar surface area (TPSA) is 128 Å². The number of aliphatic hydroxyl groups is 1. The molecular weight excluding hydrogens is 194 g/mol. The second kappa shape index (κ2) is 6.11. The van der Waals surface area contributed by atoms with Gasteiger partial charge in [-0.3, -0.25) is 10.1 Å². The summed E-state index contributed by atoms with van der Waals surface area (Å²) in [5.74, 6) is -1.17. The van der Waals surface area contributed by atoms with E-state index in [1.54, 1.807) is 0 Å². The second-order valence-electron chi connectivity index (χ2n) is 2.76. The Labute approximate surface area is 79.3 Å². The van der Waals surface area contributed by atoms with Gasteiger partial charge in [0.25, 0.3) is 0 Å². The molecule has 0 radical (unpaired) electrons. The van der Waals surface area contributed by atoms with Crippen LogP contribution in [0.2, 0.25) is 0 Å². The Morgan fingerprint density at radius 1 is 1.29 bits per heavy atom. The Kier molecular flexibility index (Phi) is 5.49. The third kappa shape index (κ3) is 4.01. The highest BCUT2D eigenvalue weighted by Crippen LogP contribution is 2.05. The van der Waals surface area contributed by atoms with Gasteiger partial charge in [-0.25, -0.2) is 0 Å². The minimum absolute atomic E-state index is 0.414. The first-order valence-electron chi connectivity index (χ1n) is 3.76. The van der Waals surface area contributed by atoms with Gasteiger partial charge < -0.3 is 10.2 Å². The third-order valence-corrected chi connectivity index (χ3v) is 1.65. The number of rotatable bonds is 8. The van der Waals surface area contributed by atoms with Crippen LogP contribution in [0.1, 0.15) is 0 Å². The highest BCUT2D eigenvalue weighted by atomic mass is 16.4. The van der Waals surface area contributed by atoms with Crippen LogP contribution >= 0.6 is 0 Å². The summed E-state index contributed by atoms with van der Waals surface area (Å²) >= 11 is 0. The van der Waals surface area contributed by atoms with E-state index in [0.29, 0.717) is 0 Å². The molecule has 8 heteroatoms. The summed E-state index contributed by atoms with van der Waals surface area (Å²) in [5, 5.41) is 24.6. The summed E-state index contributed by atoms with van der Waals surface area (Å²) < 4.78 is 0. The van der Waals surface area contributed by atoms with Gasteiger partial charge in [-0.1, -0.05) is 10.4 Å². The summed E-state index contributed by atoms with van der Waals surface area (Å²) in [6, 6.07) is 0. The van der Waals surface area contributed by atoms with Crippen LogP contribution in [0.25, 0.3) is 0 Å². The Bertz CT molecular complexity index is 210. The first kappa shape index (κ1) is 12.6. The molecule has 80 valence electrons. The lowest BCUT2D eigenvalue weighted by atomic mass is 10.0. The summed E-state index contributed by atoms with van der Waals surface area (Å²) in [6.45, 7) is -1.89. The van der Waals surface area contributed by atoms with Crippen molar-refractivity contribution in [2.45, 2.75) is 5.54 Å². The molecule has 0 rings (SSSR count). The molecule has 0 unspecified atom stereocenters. The van der Waals surface area contributed by atoms with Crippen molar-refractivity contribution in [2.75, 3.05) is 26.2 Å². The predicted octanol–water partition coefficient (Wildman–Crippen LogP) is -1.08. The molecule has 8 nitrogen and oxygen atoms in total. The minimum atomic E-state index is -1.36. The molecule has 0 saturated carbocycles. The van der Waals surface area contributed by atoms with Crippen molar-refractivity contribution in [3.8, 4) is 0 Å². The van der Waals surface area contributed by atoms with E-state index in [9.17, 15) is 14.6 Å². The van der Waals surface area contributed by atoms with Gasteiger partial charge in [-0.05, 0) is 0 Å². The van der Waals surface area contributed by atoms with Crippen LogP contribution in [-0.4, -0.2) is 48.0 Å². The summed E-state index contributed by atoms with van der Waals surface area (Å²) in [4.78, 5) is 30.2. The Morgan fingerprint density at radius 3 is 2.07 bits per heavy atom. The number of nitrogens with one attached hydrogen (secondary N) is 1. The largest absolute Gasteiger partial charge is 0.480 e. The molecule has 0 atom stereocenters. The van der Waals surface area contributed by atoms with Gasteiger partial charge in [0, 0.05) is 0 Å². The molecule has 0 heterocycles. The van der Waals surface area contributed by atoms with Gasteiger partial charge in [-0.2, -0.15) is 9.81 Å². The molecule has 14 heavy (non-hydrogen) atoms. The van der Waals surface area contributed by atoms with Crippen LogP contribution < -0.4 is 5.32 Å². The van der Waals surface area contributed by atoms with Gasteiger partial charge >= 0.3 is 5.97 Å². The zero-order chi connectivity index (χ0) is 11.0. The summed E-state index contributed by atoms with van der Waals surface area (Å²) in [6.07, 6.45) is 0. The van der Waals surface area contributed by atoms with Gasteiger partial charge in [0.2, 0.25) is 0 Å². The average Bonchev–Trinajstić information content (AvgIpc) is 2.15. The molecule has 0 amide bonds. The molecule has 0 spiro atoms. The van der Waals surface area contributed by atoms with Crippen LogP contribution in [0.4, 0.5) is 0 Å². The Balaban J connectivity index is 4.38. The van der Waals surface area contributed by atoms with Crippen molar-refractivity contribution in [3.63, 3.8) is 0 Å². The van der Waals surface area contributed by atoms with Crippen molar-refractivity contribution in [2.24, 2.45) is 10.4 Å². The van der Waals surface area contributed by atoms with Crippen LogP contribution in [-0.2, 0) is 4.79 Å². The van der Waals surface area contributed by atoms with Crippen molar-refractivity contribution < 1.29 is 15.0 Å². The summed E-state index contributed by atoms with van der Waals surface area (Å²) in [7, 11) is 0. The number of carbonyl (C=O) groups is 1. The lowest BCUT2D eigenvalue weighted by molar-refractivity contribution is -0.136. The fourth-order valence-corrected chi connectivity index (χ4v) is 0.828. The summed E-state index contributed by atoms with van der Waals surface area (Å²) in [5.41, 5.74) is -1.36. The Hall–Kier alpha value is -1.41. The number of aliphatic carboxylic acids is 1. The quantitative estimate of drug-likeness (QED) is 0.432. The van der Waals surface area contributed by atoms with E-state index >= 15 is 0 Å². The molecule has 0 aliphatic carbocycles. The Morgan fingerprint density at radius 2 is 1.79 bits per heavy atom. The monoisotopic (exact) mass is 205 g/mol. The number of carboxylic acids is 1. The van der Waals surface area contributed by atoms with Gasteiger partial charge in [0.05, 0.1) is 18.7 Å². The van der Waals surface area contributed by atoms with Crippen molar-refractivity contribution in [1.82, 2.24) is 5.32 Å². The SMILES string of the molecule is O=NCC(CO)(CN=O)NCC(=O)O. The fourth-order valence-electron chi connectivity index (χ4n) is 0.828. The maximum atomic E-state index is 10.2. The van der Waals surface area contributed by atoms with Gasteiger partial charge in [0.15, 0.2) is 0 Å². The predicted molar refractivity (Wildman–Crippen MR) is 46.8 cm³/mol. The van der Waals surface area contributed by atoms with Gasteiger partial charge in [-0.15, -0.1) is 0 Å². The standard InChI is InChI=1S/C6H11N3O5/c10-4-6(2-8-13,3-9-14)7-1-5(11)12/h7,10H,1-4H2,(H,11,12). The lowest BCUT2D eigenvalue weighted by Gasteiger charge is -2.26. The average molecular weight is 205 g/mol. The zero-order valence-electron chi connectivity index (χ0n) is 7.34. The smallest absolute Gasteiger partial charge is 0.317 e. The normalized spacial score (nSPS) is 10.9.